The Labute approximate surface area is 161 Å². The average Bonchev–Trinajstić information content (AvgIpc) is 2.67. The van der Waals surface area contributed by atoms with Crippen LogP contribution >= 0.6 is 0 Å². The van der Waals surface area contributed by atoms with E-state index >= 15 is 0 Å². The number of hydrogen-bond acceptors (Lipinski definition) is 5. The van der Waals surface area contributed by atoms with Gasteiger partial charge in [0, 0.05) is 36.3 Å². The van der Waals surface area contributed by atoms with Crippen molar-refractivity contribution in [1.29, 1.82) is 0 Å². The molecule has 2 aromatic carbocycles. The molecule has 1 aromatic heterocycles. The highest BCUT2D eigenvalue weighted by molar-refractivity contribution is 5.63. The first-order valence-corrected chi connectivity index (χ1v) is 9.38. The lowest BCUT2D eigenvalue weighted by atomic mass is 10.1. The molecule has 0 fully saturated rings. The van der Waals surface area contributed by atoms with Crippen LogP contribution in [0.4, 0.5) is 28.8 Å². The average molecular weight is 361 g/mol. The Hall–Kier alpha value is -3.08. The number of rotatable bonds is 7. The second-order valence-corrected chi connectivity index (χ2v) is 6.55. The highest BCUT2D eigenvalue weighted by Gasteiger charge is 2.05. The third kappa shape index (κ3) is 4.76. The Bertz CT molecular complexity index is 885. The third-order valence-electron chi connectivity index (χ3n) is 4.56. The lowest BCUT2D eigenvalue weighted by Crippen LogP contribution is -2.21. The van der Waals surface area contributed by atoms with Gasteiger partial charge in [0.2, 0.25) is 5.95 Å². The molecule has 3 aromatic rings. The predicted molar refractivity (Wildman–Crippen MR) is 115 cm³/mol. The first-order chi connectivity index (χ1) is 13.1. The molecule has 0 unspecified atom stereocenters. The summed E-state index contributed by atoms with van der Waals surface area (Å²) in [6.45, 7) is 10.5. The van der Waals surface area contributed by atoms with Crippen molar-refractivity contribution >= 4 is 28.8 Å². The van der Waals surface area contributed by atoms with E-state index in [-0.39, 0.29) is 0 Å². The van der Waals surface area contributed by atoms with Crippen LogP contribution in [-0.4, -0.2) is 23.1 Å². The normalized spacial score (nSPS) is 10.5. The zero-order valence-electron chi connectivity index (χ0n) is 16.5. The van der Waals surface area contributed by atoms with E-state index in [9.17, 15) is 0 Å². The summed E-state index contributed by atoms with van der Waals surface area (Å²) in [5.41, 5.74) is 5.64. The monoisotopic (exact) mass is 361 g/mol. The highest BCUT2D eigenvalue weighted by atomic mass is 15.1. The minimum absolute atomic E-state index is 0.570. The zero-order valence-corrected chi connectivity index (χ0v) is 16.5. The van der Waals surface area contributed by atoms with Crippen molar-refractivity contribution in [1.82, 2.24) is 9.97 Å². The minimum Gasteiger partial charge on any atom is -0.372 e. The minimum atomic E-state index is 0.570. The molecular weight excluding hydrogens is 334 g/mol. The van der Waals surface area contributed by atoms with Gasteiger partial charge in [0.05, 0.1) is 0 Å². The van der Waals surface area contributed by atoms with Gasteiger partial charge in [0.15, 0.2) is 0 Å². The van der Waals surface area contributed by atoms with Crippen LogP contribution in [0.5, 0.6) is 0 Å². The fourth-order valence-corrected chi connectivity index (χ4v) is 2.97. The number of benzene rings is 2. The standard InChI is InChI=1S/C22H27N5/c1-5-27(6-2)19-11-9-18(10-12-19)24-22-23-14-13-21(26-22)25-20-15-16(3)7-8-17(20)4/h7-15H,5-6H2,1-4H3,(H2,23,24,25,26). The summed E-state index contributed by atoms with van der Waals surface area (Å²) in [5.74, 6) is 1.34. The predicted octanol–water partition coefficient (Wildman–Crippen LogP) is 5.43. The maximum absolute atomic E-state index is 4.58. The molecule has 1 heterocycles. The van der Waals surface area contributed by atoms with Gasteiger partial charge in [0.1, 0.15) is 5.82 Å². The molecule has 0 radical (unpaired) electrons. The van der Waals surface area contributed by atoms with Crippen LogP contribution < -0.4 is 15.5 Å². The van der Waals surface area contributed by atoms with Crippen molar-refractivity contribution in [3.05, 3.63) is 65.9 Å². The molecule has 5 heteroatoms. The van der Waals surface area contributed by atoms with Crippen LogP contribution in [-0.2, 0) is 0 Å². The van der Waals surface area contributed by atoms with E-state index in [0.29, 0.717) is 5.95 Å². The SMILES string of the molecule is CCN(CC)c1ccc(Nc2nccc(Nc3cc(C)ccc3C)n2)cc1. The molecule has 0 saturated carbocycles. The molecule has 0 aliphatic rings. The summed E-state index contributed by atoms with van der Waals surface area (Å²) in [4.78, 5) is 11.2. The first-order valence-electron chi connectivity index (χ1n) is 9.38. The maximum Gasteiger partial charge on any atom is 0.229 e. The van der Waals surface area contributed by atoms with Gasteiger partial charge in [-0.05, 0) is 75.2 Å². The van der Waals surface area contributed by atoms with Crippen LogP contribution in [0, 0.1) is 13.8 Å². The van der Waals surface area contributed by atoms with Crippen LogP contribution in [0.15, 0.2) is 54.7 Å². The molecule has 2 N–H and O–H groups in total. The van der Waals surface area contributed by atoms with Gasteiger partial charge in [-0.2, -0.15) is 4.98 Å². The van der Waals surface area contributed by atoms with Gasteiger partial charge in [-0.1, -0.05) is 12.1 Å². The molecule has 0 saturated heterocycles. The molecule has 0 spiro atoms. The second-order valence-electron chi connectivity index (χ2n) is 6.55. The topological polar surface area (TPSA) is 53.1 Å². The molecule has 27 heavy (non-hydrogen) atoms. The van der Waals surface area contributed by atoms with Gasteiger partial charge < -0.3 is 15.5 Å². The van der Waals surface area contributed by atoms with Gasteiger partial charge >= 0.3 is 0 Å². The Morgan fingerprint density at radius 3 is 2.33 bits per heavy atom. The quantitative estimate of drug-likeness (QED) is 0.588. The molecule has 0 aliphatic carbocycles. The van der Waals surface area contributed by atoms with Crippen LogP contribution in [0.2, 0.25) is 0 Å². The van der Waals surface area contributed by atoms with Crippen molar-refractivity contribution in [3.63, 3.8) is 0 Å². The van der Waals surface area contributed by atoms with Gasteiger partial charge in [-0.15, -0.1) is 0 Å². The van der Waals surface area contributed by atoms with Gasteiger partial charge in [-0.3, -0.25) is 0 Å². The molecule has 0 bridgehead atoms. The van der Waals surface area contributed by atoms with Gasteiger partial charge in [0.25, 0.3) is 0 Å². The Kier molecular flexibility index (Phi) is 5.91. The maximum atomic E-state index is 4.58. The molecule has 0 aliphatic heterocycles. The van der Waals surface area contributed by atoms with Crippen molar-refractivity contribution in [2.45, 2.75) is 27.7 Å². The second kappa shape index (κ2) is 8.54. The number of nitrogens with one attached hydrogen (secondary N) is 2. The smallest absolute Gasteiger partial charge is 0.229 e. The molecule has 0 amide bonds. The summed E-state index contributed by atoms with van der Waals surface area (Å²) >= 11 is 0. The summed E-state index contributed by atoms with van der Waals surface area (Å²) < 4.78 is 0. The number of aryl methyl sites for hydroxylation is 2. The van der Waals surface area contributed by atoms with E-state index in [1.54, 1.807) is 6.20 Å². The van der Waals surface area contributed by atoms with E-state index in [4.69, 9.17) is 0 Å². The molecular formula is C22H27N5. The fraction of sp³-hybridized carbons (Fsp3) is 0.273. The van der Waals surface area contributed by atoms with E-state index in [0.717, 1.165) is 30.3 Å². The first kappa shape index (κ1) is 18.7. The number of hydrogen-bond donors (Lipinski definition) is 2. The highest BCUT2D eigenvalue weighted by Crippen LogP contribution is 2.23. The molecule has 0 atom stereocenters. The fourth-order valence-electron chi connectivity index (χ4n) is 2.97. The van der Waals surface area contributed by atoms with Crippen LogP contribution in [0.1, 0.15) is 25.0 Å². The summed E-state index contributed by atoms with van der Waals surface area (Å²) in [6, 6.07) is 16.6. The zero-order chi connectivity index (χ0) is 19.2. The lowest BCUT2D eigenvalue weighted by Gasteiger charge is -2.21. The molecule has 5 nitrogen and oxygen atoms in total. The van der Waals surface area contributed by atoms with Crippen molar-refractivity contribution < 1.29 is 0 Å². The van der Waals surface area contributed by atoms with Crippen molar-refractivity contribution in [2.24, 2.45) is 0 Å². The largest absolute Gasteiger partial charge is 0.372 e. The van der Waals surface area contributed by atoms with E-state index in [1.165, 1.54) is 16.8 Å². The molecule has 140 valence electrons. The number of aromatic nitrogens is 2. The third-order valence-corrected chi connectivity index (χ3v) is 4.56. The Morgan fingerprint density at radius 1 is 0.889 bits per heavy atom. The number of anilines is 5. The van der Waals surface area contributed by atoms with Gasteiger partial charge in [-0.25, -0.2) is 4.98 Å². The van der Waals surface area contributed by atoms with E-state index in [2.05, 4.69) is 95.7 Å². The van der Waals surface area contributed by atoms with Crippen molar-refractivity contribution in [2.75, 3.05) is 28.6 Å². The Balaban J connectivity index is 1.73. The van der Waals surface area contributed by atoms with Crippen molar-refractivity contribution in [3.8, 4) is 0 Å². The Morgan fingerprint density at radius 2 is 1.63 bits per heavy atom. The summed E-state index contributed by atoms with van der Waals surface area (Å²) in [5, 5.41) is 6.66. The lowest BCUT2D eigenvalue weighted by molar-refractivity contribution is 0.866. The van der Waals surface area contributed by atoms with Crippen LogP contribution in [0.3, 0.4) is 0 Å². The summed E-state index contributed by atoms with van der Waals surface area (Å²) in [7, 11) is 0. The van der Waals surface area contributed by atoms with E-state index < -0.39 is 0 Å². The summed E-state index contributed by atoms with van der Waals surface area (Å²) in [6.07, 6.45) is 1.76. The van der Waals surface area contributed by atoms with Crippen LogP contribution in [0.25, 0.3) is 0 Å². The van der Waals surface area contributed by atoms with E-state index in [1.807, 2.05) is 6.07 Å². The molecule has 3 rings (SSSR count). The number of nitrogens with zero attached hydrogens (tertiary/aromatic N) is 3.